The predicted molar refractivity (Wildman–Crippen MR) is 75.7 cm³/mol. The van der Waals surface area contributed by atoms with Crippen molar-refractivity contribution in [2.75, 3.05) is 6.61 Å². The van der Waals surface area contributed by atoms with Crippen LogP contribution in [0, 0.1) is 5.92 Å². The molecule has 5 heteroatoms. The van der Waals surface area contributed by atoms with E-state index in [1.165, 1.54) is 0 Å². The molecule has 0 saturated carbocycles. The Kier molecular flexibility index (Phi) is 3.37. The fourth-order valence-corrected chi connectivity index (χ4v) is 3.31. The van der Waals surface area contributed by atoms with E-state index in [0.717, 1.165) is 36.0 Å². The molecule has 4 nitrogen and oxygen atoms in total. The smallest absolute Gasteiger partial charge is 0.323 e. The Bertz CT molecular complexity index is 634. The summed E-state index contributed by atoms with van der Waals surface area (Å²) in [6.45, 7) is 2.91. The van der Waals surface area contributed by atoms with E-state index in [9.17, 15) is 4.79 Å². The van der Waals surface area contributed by atoms with Crippen LogP contribution in [0.5, 0.6) is 0 Å². The summed E-state index contributed by atoms with van der Waals surface area (Å²) in [7, 11) is 0. The van der Waals surface area contributed by atoms with Gasteiger partial charge in [-0.1, -0.05) is 13.0 Å². The van der Waals surface area contributed by atoms with Gasteiger partial charge in [-0.25, -0.2) is 4.79 Å². The van der Waals surface area contributed by atoms with Crippen LogP contribution in [0.15, 0.2) is 23.0 Å². The first kappa shape index (κ1) is 12.8. The van der Waals surface area contributed by atoms with E-state index >= 15 is 0 Å². The zero-order valence-corrected chi connectivity index (χ0v) is 11.5. The minimum atomic E-state index is -0.186. The van der Waals surface area contributed by atoms with Crippen LogP contribution in [0.4, 0.5) is 0 Å². The molecular formula is C14H17ClN2O2. The SMILES string of the molecule is CCC1OCCC1C(Cl)c1ccc2[nH]c(=O)[nH]c2c1. The van der Waals surface area contributed by atoms with Gasteiger partial charge < -0.3 is 14.7 Å². The summed E-state index contributed by atoms with van der Waals surface area (Å²) >= 11 is 6.61. The number of halogens is 1. The maximum Gasteiger partial charge on any atom is 0.323 e. The molecule has 0 aliphatic carbocycles. The second kappa shape index (κ2) is 5.02. The summed E-state index contributed by atoms with van der Waals surface area (Å²) < 4.78 is 5.70. The van der Waals surface area contributed by atoms with Gasteiger partial charge in [-0.3, -0.25) is 0 Å². The maximum atomic E-state index is 11.3. The molecule has 102 valence electrons. The molecule has 0 spiro atoms. The summed E-state index contributed by atoms with van der Waals surface area (Å²) in [4.78, 5) is 16.8. The van der Waals surface area contributed by atoms with Crippen LogP contribution < -0.4 is 5.69 Å². The molecule has 1 aliphatic rings. The average molecular weight is 281 g/mol. The van der Waals surface area contributed by atoms with Crippen LogP contribution in [0.3, 0.4) is 0 Å². The minimum absolute atomic E-state index is 0.0738. The van der Waals surface area contributed by atoms with Gasteiger partial charge in [-0.2, -0.15) is 0 Å². The Labute approximate surface area is 116 Å². The number of aromatic amines is 2. The topological polar surface area (TPSA) is 57.9 Å². The molecule has 0 bridgehead atoms. The van der Waals surface area contributed by atoms with Gasteiger partial charge in [0.05, 0.1) is 22.5 Å². The Hall–Kier alpha value is -1.26. The first-order valence-electron chi connectivity index (χ1n) is 6.66. The van der Waals surface area contributed by atoms with E-state index in [1.807, 2.05) is 18.2 Å². The van der Waals surface area contributed by atoms with Crippen molar-refractivity contribution < 1.29 is 4.74 Å². The molecule has 2 N–H and O–H groups in total. The molecule has 1 fully saturated rings. The zero-order valence-electron chi connectivity index (χ0n) is 10.8. The molecule has 19 heavy (non-hydrogen) atoms. The number of nitrogens with one attached hydrogen (secondary N) is 2. The van der Waals surface area contributed by atoms with Crippen molar-refractivity contribution in [2.24, 2.45) is 5.92 Å². The zero-order chi connectivity index (χ0) is 13.4. The molecular weight excluding hydrogens is 264 g/mol. The van der Waals surface area contributed by atoms with Crippen molar-refractivity contribution in [3.8, 4) is 0 Å². The fraction of sp³-hybridized carbons (Fsp3) is 0.500. The monoisotopic (exact) mass is 280 g/mol. The van der Waals surface area contributed by atoms with E-state index in [-0.39, 0.29) is 17.2 Å². The summed E-state index contributed by atoms with van der Waals surface area (Å²) in [5.41, 5.74) is 2.47. The van der Waals surface area contributed by atoms with E-state index in [1.54, 1.807) is 0 Å². The Morgan fingerprint density at radius 2 is 2.21 bits per heavy atom. The van der Waals surface area contributed by atoms with Gasteiger partial charge in [0, 0.05) is 12.5 Å². The fourth-order valence-electron chi connectivity index (χ4n) is 2.89. The Morgan fingerprint density at radius 3 is 3.00 bits per heavy atom. The van der Waals surface area contributed by atoms with Crippen LogP contribution in [0.25, 0.3) is 11.0 Å². The molecule has 3 atom stereocenters. The van der Waals surface area contributed by atoms with Crippen LogP contribution in [0.2, 0.25) is 0 Å². The van der Waals surface area contributed by atoms with Gasteiger partial charge in [0.1, 0.15) is 0 Å². The number of imidazole rings is 1. The lowest BCUT2D eigenvalue weighted by Crippen LogP contribution is -2.19. The van der Waals surface area contributed by atoms with E-state index in [0.29, 0.717) is 5.92 Å². The lowest BCUT2D eigenvalue weighted by Gasteiger charge is -2.22. The third-order valence-corrected chi connectivity index (χ3v) is 4.47. The van der Waals surface area contributed by atoms with Crippen molar-refractivity contribution in [1.82, 2.24) is 9.97 Å². The van der Waals surface area contributed by atoms with Gasteiger partial charge in [-0.05, 0) is 30.5 Å². The molecule has 0 radical (unpaired) electrons. The molecule has 3 unspecified atom stereocenters. The summed E-state index contributed by atoms with van der Waals surface area (Å²) in [5, 5.41) is -0.0738. The van der Waals surface area contributed by atoms with Gasteiger partial charge in [0.25, 0.3) is 0 Å². The van der Waals surface area contributed by atoms with Crippen molar-refractivity contribution in [3.05, 3.63) is 34.2 Å². The molecule has 2 aromatic rings. The van der Waals surface area contributed by atoms with Crippen molar-refractivity contribution in [3.63, 3.8) is 0 Å². The standard InChI is InChI=1S/C14H17ClN2O2/c1-2-12-9(5-6-19-12)13(15)8-3-4-10-11(7-8)17-14(18)16-10/h3-4,7,9,12-13H,2,5-6H2,1H3,(H2,16,17,18). The van der Waals surface area contributed by atoms with E-state index in [2.05, 4.69) is 16.9 Å². The Morgan fingerprint density at radius 1 is 1.42 bits per heavy atom. The summed E-state index contributed by atoms with van der Waals surface area (Å²) in [6.07, 6.45) is 2.22. The van der Waals surface area contributed by atoms with E-state index < -0.39 is 0 Å². The largest absolute Gasteiger partial charge is 0.378 e. The highest BCUT2D eigenvalue weighted by molar-refractivity contribution is 6.21. The number of hydrogen-bond acceptors (Lipinski definition) is 2. The highest BCUT2D eigenvalue weighted by Gasteiger charge is 2.33. The van der Waals surface area contributed by atoms with Crippen molar-refractivity contribution in [1.29, 1.82) is 0 Å². The van der Waals surface area contributed by atoms with Gasteiger partial charge in [-0.15, -0.1) is 11.6 Å². The quantitative estimate of drug-likeness (QED) is 0.849. The molecule has 1 aliphatic heterocycles. The molecule has 0 amide bonds. The Balaban J connectivity index is 1.92. The van der Waals surface area contributed by atoms with Crippen molar-refractivity contribution in [2.45, 2.75) is 31.2 Å². The third kappa shape index (κ3) is 2.30. The number of ether oxygens (including phenoxy) is 1. The number of hydrogen-bond donors (Lipinski definition) is 2. The number of aromatic nitrogens is 2. The third-order valence-electron chi connectivity index (χ3n) is 3.90. The van der Waals surface area contributed by atoms with Gasteiger partial charge in [0.15, 0.2) is 0 Å². The number of alkyl halides is 1. The normalized spacial score (nSPS) is 24.9. The molecule has 2 heterocycles. The average Bonchev–Trinajstić information content (AvgIpc) is 3.01. The van der Waals surface area contributed by atoms with Crippen LogP contribution >= 0.6 is 11.6 Å². The molecule has 1 aromatic heterocycles. The second-order valence-electron chi connectivity index (χ2n) is 5.06. The van der Waals surface area contributed by atoms with Crippen LogP contribution in [-0.2, 0) is 4.74 Å². The van der Waals surface area contributed by atoms with E-state index in [4.69, 9.17) is 16.3 Å². The highest BCUT2D eigenvalue weighted by atomic mass is 35.5. The van der Waals surface area contributed by atoms with Gasteiger partial charge >= 0.3 is 5.69 Å². The van der Waals surface area contributed by atoms with Crippen LogP contribution in [0.1, 0.15) is 30.7 Å². The van der Waals surface area contributed by atoms with Crippen molar-refractivity contribution >= 4 is 22.6 Å². The molecule has 3 rings (SSSR count). The second-order valence-corrected chi connectivity index (χ2v) is 5.53. The lowest BCUT2D eigenvalue weighted by atomic mass is 9.91. The first-order valence-corrected chi connectivity index (χ1v) is 7.10. The highest BCUT2D eigenvalue weighted by Crippen LogP contribution is 2.39. The lowest BCUT2D eigenvalue weighted by molar-refractivity contribution is 0.0864. The maximum absolute atomic E-state index is 11.3. The predicted octanol–water partition coefficient (Wildman–Crippen LogP) is 2.95. The number of fused-ring (bicyclic) bond motifs is 1. The first-order chi connectivity index (χ1) is 9.19. The minimum Gasteiger partial charge on any atom is -0.378 e. The number of benzene rings is 1. The number of H-pyrrole nitrogens is 2. The number of rotatable bonds is 3. The molecule has 1 saturated heterocycles. The summed E-state index contributed by atoms with van der Waals surface area (Å²) in [6, 6.07) is 5.83. The summed E-state index contributed by atoms with van der Waals surface area (Å²) in [5.74, 6) is 0.342. The molecule has 1 aromatic carbocycles. The van der Waals surface area contributed by atoms with Gasteiger partial charge in [0.2, 0.25) is 0 Å². The van der Waals surface area contributed by atoms with Crippen LogP contribution in [-0.4, -0.2) is 22.7 Å².